The molecule has 1 aliphatic rings. The van der Waals surface area contributed by atoms with Crippen LogP contribution in [-0.2, 0) is 33.4 Å². The van der Waals surface area contributed by atoms with Gasteiger partial charge in [-0.1, -0.05) is 6.92 Å². The minimum atomic E-state index is -2.90. The number of benzene rings is 1. The van der Waals surface area contributed by atoms with E-state index in [1.54, 1.807) is 25.8 Å². The van der Waals surface area contributed by atoms with Gasteiger partial charge < -0.3 is 19.3 Å². The van der Waals surface area contributed by atoms with Crippen molar-refractivity contribution in [2.24, 2.45) is 5.92 Å². The number of halogens is 1. The lowest BCUT2D eigenvalue weighted by Crippen LogP contribution is -2.38. The maximum Gasteiger partial charge on any atom is 0.528 e. The number of hydrogen-bond donors (Lipinski definition) is 2. The van der Waals surface area contributed by atoms with Gasteiger partial charge in [-0.05, 0) is 88.3 Å². The number of hydroxylamine groups is 2. The first-order valence-corrected chi connectivity index (χ1v) is 15.5. The lowest BCUT2D eigenvalue weighted by molar-refractivity contribution is -0.155. The fourth-order valence-corrected chi connectivity index (χ4v) is 5.61. The molecule has 1 fully saturated rings. The zero-order chi connectivity index (χ0) is 31.3. The van der Waals surface area contributed by atoms with Crippen LogP contribution in [0.3, 0.4) is 0 Å². The summed E-state index contributed by atoms with van der Waals surface area (Å²) in [6.45, 7) is 8.68. The number of nitrogens with zero attached hydrogens (tertiary/aromatic N) is 3. The van der Waals surface area contributed by atoms with Gasteiger partial charge in [0.05, 0.1) is 23.2 Å². The van der Waals surface area contributed by atoms with E-state index in [2.05, 4.69) is 10.3 Å². The van der Waals surface area contributed by atoms with Crippen LogP contribution in [0.25, 0.3) is 22.4 Å². The summed E-state index contributed by atoms with van der Waals surface area (Å²) in [6.07, 6.45) is 1.96. The van der Waals surface area contributed by atoms with Crippen LogP contribution in [0.15, 0.2) is 34.7 Å². The van der Waals surface area contributed by atoms with E-state index < -0.39 is 28.5 Å². The summed E-state index contributed by atoms with van der Waals surface area (Å²) >= 11 is 0. The van der Waals surface area contributed by atoms with Gasteiger partial charge in [0.1, 0.15) is 17.2 Å². The van der Waals surface area contributed by atoms with Crippen molar-refractivity contribution < 1.29 is 36.4 Å². The number of hydrogen-bond acceptors (Lipinski definition) is 9. The number of aryl methyl sites for hydroxylation is 1. The van der Waals surface area contributed by atoms with Gasteiger partial charge in [0.15, 0.2) is 0 Å². The monoisotopic (exact) mass is 618 g/mol. The minimum absolute atomic E-state index is 0.0559. The number of thiol groups is 1. The van der Waals surface area contributed by atoms with Gasteiger partial charge in [-0.15, -0.1) is 5.06 Å². The number of fused-ring (bicyclic) bond motifs is 1. The number of aromatic nitrogens is 1. The van der Waals surface area contributed by atoms with Gasteiger partial charge >= 0.3 is 6.16 Å². The van der Waals surface area contributed by atoms with Crippen LogP contribution in [0.5, 0.6) is 0 Å². The van der Waals surface area contributed by atoms with Crippen molar-refractivity contribution in [3.05, 3.63) is 53.0 Å². The van der Waals surface area contributed by atoms with E-state index in [-0.39, 0.29) is 35.4 Å². The van der Waals surface area contributed by atoms with Gasteiger partial charge in [0.2, 0.25) is 16.6 Å². The molecule has 0 spiro atoms. The van der Waals surface area contributed by atoms with E-state index in [9.17, 15) is 22.4 Å². The highest BCUT2D eigenvalue weighted by atomic mass is 32.2. The molecule has 3 heterocycles. The predicted molar refractivity (Wildman–Crippen MR) is 159 cm³/mol. The van der Waals surface area contributed by atoms with Crippen LogP contribution < -0.4 is 5.32 Å². The van der Waals surface area contributed by atoms with Crippen LogP contribution in [0.1, 0.15) is 68.6 Å². The van der Waals surface area contributed by atoms with Crippen LogP contribution in [-0.4, -0.2) is 67.1 Å². The zero-order valence-corrected chi connectivity index (χ0v) is 26.0. The molecule has 1 amide bonds. The van der Waals surface area contributed by atoms with Crippen LogP contribution >= 0.6 is 0 Å². The van der Waals surface area contributed by atoms with E-state index in [0.29, 0.717) is 49.1 Å². The van der Waals surface area contributed by atoms with Crippen LogP contribution in [0.2, 0.25) is 0 Å². The first-order chi connectivity index (χ1) is 20.4. The van der Waals surface area contributed by atoms with E-state index in [0.717, 1.165) is 18.4 Å². The van der Waals surface area contributed by atoms with Gasteiger partial charge in [-0.3, -0.25) is 4.79 Å². The van der Waals surface area contributed by atoms with E-state index in [1.807, 2.05) is 13.0 Å². The Bertz CT molecular complexity index is 1520. The fourth-order valence-electron chi connectivity index (χ4n) is 5.08. The Kier molecular flexibility index (Phi) is 10.4. The second-order valence-electron chi connectivity index (χ2n) is 11.5. The molecule has 1 N–H and O–H groups in total. The number of furan rings is 1. The molecule has 0 saturated carbocycles. The summed E-state index contributed by atoms with van der Waals surface area (Å²) < 4.78 is 50.7. The fraction of sp³-hybridized carbons (Fsp3) is 0.500. The summed E-state index contributed by atoms with van der Waals surface area (Å²) in [7, 11) is -1.38. The van der Waals surface area contributed by atoms with Gasteiger partial charge in [-0.2, -0.15) is 4.31 Å². The summed E-state index contributed by atoms with van der Waals surface area (Å²) in [5, 5.41) is 4.71. The Hall–Kier alpha value is -3.55. The molecule has 0 atom stereocenters. The number of nitrogens with one attached hydrogen (secondary N) is 1. The molecule has 3 aromatic rings. The van der Waals surface area contributed by atoms with Crippen molar-refractivity contribution in [1.82, 2.24) is 19.7 Å². The number of piperidine rings is 1. The lowest BCUT2D eigenvalue weighted by atomic mass is 9.94. The normalized spacial score (nSPS) is 14.9. The van der Waals surface area contributed by atoms with Crippen LogP contribution in [0, 0.1) is 11.7 Å². The maximum absolute atomic E-state index is 13.6. The average Bonchev–Trinajstić information content (AvgIpc) is 3.32. The third-order valence-corrected chi connectivity index (χ3v) is 8.12. The number of ether oxygens (including phenoxy) is 1. The minimum Gasteiger partial charge on any atom is -0.437 e. The third-order valence-electron chi connectivity index (χ3n) is 7.32. The van der Waals surface area contributed by atoms with Crippen LogP contribution in [0.4, 0.5) is 9.18 Å². The van der Waals surface area contributed by atoms with Crippen molar-refractivity contribution in [2.45, 2.75) is 65.5 Å². The molecule has 13 heteroatoms. The lowest BCUT2D eigenvalue weighted by Gasteiger charge is -2.31. The van der Waals surface area contributed by atoms with Gasteiger partial charge in [0.25, 0.3) is 5.91 Å². The molecule has 0 radical (unpaired) electrons. The molecule has 1 aromatic carbocycles. The Morgan fingerprint density at radius 3 is 2.44 bits per heavy atom. The van der Waals surface area contributed by atoms with E-state index in [4.69, 9.17) is 14.0 Å². The molecule has 0 bridgehead atoms. The molecule has 43 heavy (non-hydrogen) atoms. The molecule has 0 unspecified atom stereocenters. The standard InChI is InChI=1S/C30H39FN4O7S/c1-6-20-17-23-25(27(36)32-5)26(21-7-9-22(31)10-8-21)40-28(23)33-24(20)18-35(43(38)39)16-13-19-11-14-34(15-12-19)42-29(37)41-30(2,3)4/h7-10,17,19,43H,6,11-16,18H2,1-5H3,(H,32,36). The Morgan fingerprint density at radius 1 is 1.19 bits per heavy atom. The zero-order valence-electron chi connectivity index (χ0n) is 25.1. The smallest absolute Gasteiger partial charge is 0.437 e. The molecular formula is C30H39FN4O7S. The first kappa shape index (κ1) is 32.4. The molecular weight excluding hydrogens is 579 g/mol. The number of carbonyl (C=O) groups excluding carboxylic acids is 2. The molecule has 234 valence electrons. The quantitative estimate of drug-likeness (QED) is 0.242. The molecule has 11 nitrogen and oxygen atoms in total. The van der Waals surface area contributed by atoms with E-state index >= 15 is 0 Å². The third kappa shape index (κ3) is 8.30. The second-order valence-corrected chi connectivity index (χ2v) is 12.6. The molecule has 4 rings (SSSR count). The predicted octanol–water partition coefficient (Wildman–Crippen LogP) is 4.85. The summed E-state index contributed by atoms with van der Waals surface area (Å²) in [5.41, 5.74) is 1.69. The van der Waals surface area contributed by atoms with Crippen molar-refractivity contribution in [3.8, 4) is 11.3 Å². The highest BCUT2D eigenvalue weighted by Gasteiger charge is 2.27. The summed E-state index contributed by atoms with van der Waals surface area (Å²) in [5.74, 6) is -0.270. The summed E-state index contributed by atoms with van der Waals surface area (Å²) in [4.78, 5) is 34.8. The van der Waals surface area contributed by atoms with Gasteiger partial charge in [0, 0.05) is 32.2 Å². The Morgan fingerprint density at radius 2 is 1.86 bits per heavy atom. The Labute approximate surface area is 252 Å². The number of rotatable bonds is 10. The maximum atomic E-state index is 13.6. The molecule has 1 aliphatic heterocycles. The van der Waals surface area contributed by atoms with Crippen molar-refractivity contribution >= 4 is 34.1 Å². The number of carbonyl (C=O) groups is 2. The van der Waals surface area contributed by atoms with Crippen molar-refractivity contribution in [2.75, 3.05) is 26.7 Å². The second kappa shape index (κ2) is 13.8. The van der Waals surface area contributed by atoms with Crippen molar-refractivity contribution in [1.29, 1.82) is 0 Å². The molecule has 2 aromatic heterocycles. The van der Waals surface area contributed by atoms with E-state index in [1.165, 1.54) is 35.6 Å². The SMILES string of the molecule is CCc1cc2c(C(=O)NC)c(-c3ccc(F)cc3)oc2nc1CN(CCC1CCN(OC(=O)OC(C)(C)C)CC1)[SH](=O)=O. The van der Waals surface area contributed by atoms with Crippen molar-refractivity contribution in [3.63, 3.8) is 0 Å². The number of amides is 1. The first-order valence-electron chi connectivity index (χ1n) is 14.4. The highest BCUT2D eigenvalue weighted by molar-refractivity contribution is 7.69. The highest BCUT2D eigenvalue weighted by Crippen LogP contribution is 2.34. The largest absolute Gasteiger partial charge is 0.528 e. The average molecular weight is 619 g/mol. The topological polar surface area (TPSA) is 131 Å². The number of pyridine rings is 1. The summed E-state index contributed by atoms with van der Waals surface area (Å²) in [6, 6.07) is 7.44. The van der Waals surface area contributed by atoms with Gasteiger partial charge in [-0.25, -0.2) is 22.6 Å². The molecule has 1 saturated heterocycles. The molecule has 0 aliphatic carbocycles. The Balaban J connectivity index is 1.48.